The number of aromatic nitrogens is 1. The van der Waals surface area contributed by atoms with E-state index in [1.165, 1.54) is 25.3 Å². The fourth-order valence-electron chi connectivity index (χ4n) is 1.84. The zero-order chi connectivity index (χ0) is 12.4. The summed E-state index contributed by atoms with van der Waals surface area (Å²) in [5.74, 6) is 1.70. The van der Waals surface area contributed by atoms with Crippen LogP contribution >= 0.6 is 0 Å². The topological polar surface area (TPSA) is 59.3 Å². The smallest absolute Gasteiger partial charge is 0.290 e. The van der Waals surface area contributed by atoms with Crippen molar-refractivity contribution in [1.29, 1.82) is 0 Å². The Morgan fingerprint density at radius 2 is 2.24 bits per heavy atom. The number of hydrogen-bond donors (Lipinski definition) is 0. The summed E-state index contributed by atoms with van der Waals surface area (Å²) in [6, 6.07) is 3.25. The van der Waals surface area contributed by atoms with Gasteiger partial charge in [-0.2, -0.15) is 0 Å². The molecule has 0 saturated heterocycles. The highest BCUT2D eigenvalue weighted by molar-refractivity contribution is 5.46. The van der Waals surface area contributed by atoms with Crippen LogP contribution < -0.4 is 4.90 Å². The summed E-state index contributed by atoms with van der Waals surface area (Å²) in [5.41, 5.74) is 0.565. The molecule has 1 aromatic heterocycles. The minimum Gasteiger partial charge on any atom is -0.360 e. The molecule has 0 bridgehead atoms. The van der Waals surface area contributed by atoms with Crippen LogP contribution in [0.4, 0.5) is 11.5 Å². The molecule has 0 aromatic carbocycles. The second-order valence-corrected chi connectivity index (χ2v) is 4.68. The van der Waals surface area contributed by atoms with Gasteiger partial charge in [-0.25, -0.2) is 4.98 Å². The maximum Gasteiger partial charge on any atom is 0.290 e. The summed E-state index contributed by atoms with van der Waals surface area (Å²) in [6.07, 6.45) is 3.88. The number of anilines is 1. The molecule has 5 heteroatoms. The third-order valence-electron chi connectivity index (χ3n) is 3.20. The average molecular weight is 235 g/mol. The molecular weight excluding hydrogens is 218 g/mol. The van der Waals surface area contributed by atoms with Gasteiger partial charge in [0.1, 0.15) is 11.5 Å². The van der Waals surface area contributed by atoms with Crippen LogP contribution in [-0.4, -0.2) is 23.5 Å². The first-order chi connectivity index (χ1) is 8.08. The van der Waals surface area contributed by atoms with Crippen LogP contribution in [0.5, 0.6) is 0 Å². The Balaban J connectivity index is 2.04. The first-order valence-electron chi connectivity index (χ1n) is 5.91. The quantitative estimate of drug-likeness (QED) is 0.581. The highest BCUT2D eigenvalue weighted by atomic mass is 16.6. The largest absolute Gasteiger partial charge is 0.360 e. The van der Waals surface area contributed by atoms with Gasteiger partial charge in [-0.05, 0) is 25.3 Å². The average Bonchev–Trinajstić information content (AvgIpc) is 3.09. The van der Waals surface area contributed by atoms with Crippen molar-refractivity contribution in [2.75, 3.05) is 18.5 Å². The summed E-state index contributed by atoms with van der Waals surface area (Å²) in [6.45, 7) is 2.64. The molecule has 1 fully saturated rings. The molecule has 1 aliphatic carbocycles. The van der Waals surface area contributed by atoms with Gasteiger partial charge in [0.15, 0.2) is 0 Å². The summed E-state index contributed by atoms with van der Waals surface area (Å²) in [7, 11) is 1.98. The molecule has 0 radical (unpaired) electrons. The lowest BCUT2D eigenvalue weighted by Crippen LogP contribution is -2.20. The Morgan fingerprint density at radius 3 is 2.76 bits per heavy atom. The van der Waals surface area contributed by atoms with Crippen molar-refractivity contribution in [1.82, 2.24) is 4.98 Å². The summed E-state index contributed by atoms with van der Waals surface area (Å²) in [5, 5.41) is 10.7. The molecule has 0 N–H and O–H groups in total. The van der Waals surface area contributed by atoms with E-state index in [1.807, 2.05) is 7.05 Å². The van der Waals surface area contributed by atoms with E-state index in [-0.39, 0.29) is 5.69 Å². The van der Waals surface area contributed by atoms with Crippen LogP contribution in [-0.2, 0) is 0 Å². The zero-order valence-corrected chi connectivity index (χ0v) is 10.2. The normalized spacial score (nSPS) is 14.7. The molecule has 0 unspecified atom stereocenters. The Hall–Kier alpha value is -1.65. The molecule has 1 aliphatic rings. The highest BCUT2D eigenvalue weighted by Gasteiger charge is 2.21. The van der Waals surface area contributed by atoms with Gasteiger partial charge in [0.2, 0.25) is 0 Å². The first kappa shape index (κ1) is 11.8. The Morgan fingerprint density at radius 1 is 1.53 bits per heavy atom. The number of nitrogens with zero attached hydrogens (tertiary/aromatic N) is 3. The van der Waals surface area contributed by atoms with Gasteiger partial charge < -0.3 is 4.90 Å². The van der Waals surface area contributed by atoms with Gasteiger partial charge >= 0.3 is 0 Å². The van der Waals surface area contributed by atoms with Gasteiger partial charge in [0, 0.05) is 19.7 Å². The fraction of sp³-hybridized carbons (Fsp3) is 0.583. The van der Waals surface area contributed by atoms with Gasteiger partial charge in [0.05, 0.1) is 4.92 Å². The van der Waals surface area contributed by atoms with E-state index in [4.69, 9.17) is 0 Å². The highest BCUT2D eigenvalue weighted by Crippen LogP contribution is 2.32. The maximum atomic E-state index is 10.7. The first-order valence-corrected chi connectivity index (χ1v) is 5.91. The van der Waals surface area contributed by atoms with Crippen molar-refractivity contribution in [3.63, 3.8) is 0 Å². The maximum absolute atomic E-state index is 10.7. The molecule has 0 amide bonds. The van der Waals surface area contributed by atoms with Crippen molar-refractivity contribution in [2.24, 2.45) is 5.92 Å². The number of pyridine rings is 1. The van der Waals surface area contributed by atoms with E-state index in [9.17, 15) is 10.1 Å². The molecular formula is C12H17N3O2. The standard InChI is InChI=1S/C12H17N3O2/c1-9-11(15(16)17)5-6-12(13-9)14(2)8-7-10-3-4-10/h5-6,10H,3-4,7-8H2,1-2H3. The van der Waals surface area contributed by atoms with Gasteiger partial charge in [-0.1, -0.05) is 12.8 Å². The third kappa shape index (κ3) is 2.93. The fourth-order valence-corrected chi connectivity index (χ4v) is 1.84. The molecule has 92 valence electrons. The van der Waals surface area contributed by atoms with E-state index < -0.39 is 4.92 Å². The molecule has 0 atom stereocenters. The molecule has 1 aromatic rings. The van der Waals surface area contributed by atoms with Crippen molar-refractivity contribution in [3.05, 3.63) is 27.9 Å². The van der Waals surface area contributed by atoms with Gasteiger partial charge in [-0.15, -0.1) is 0 Å². The van der Waals surface area contributed by atoms with Crippen molar-refractivity contribution < 1.29 is 4.92 Å². The number of aryl methyl sites for hydroxylation is 1. The van der Waals surface area contributed by atoms with Gasteiger partial charge in [0.25, 0.3) is 5.69 Å². The zero-order valence-electron chi connectivity index (χ0n) is 10.2. The van der Waals surface area contributed by atoms with Crippen LogP contribution in [0.1, 0.15) is 25.0 Å². The van der Waals surface area contributed by atoms with Crippen LogP contribution in [0, 0.1) is 23.0 Å². The van der Waals surface area contributed by atoms with Crippen molar-refractivity contribution in [2.45, 2.75) is 26.2 Å². The Bertz CT molecular complexity index is 430. The lowest BCUT2D eigenvalue weighted by atomic mass is 10.2. The lowest BCUT2D eigenvalue weighted by molar-refractivity contribution is -0.385. The minimum atomic E-state index is -0.393. The lowest BCUT2D eigenvalue weighted by Gasteiger charge is -2.18. The predicted octanol–water partition coefficient (Wildman–Crippen LogP) is 2.53. The predicted molar refractivity (Wildman–Crippen MR) is 66.2 cm³/mol. The molecule has 17 heavy (non-hydrogen) atoms. The van der Waals surface area contributed by atoms with Gasteiger partial charge in [-0.3, -0.25) is 10.1 Å². The second kappa shape index (κ2) is 4.69. The molecule has 0 spiro atoms. The summed E-state index contributed by atoms with van der Waals surface area (Å²) in [4.78, 5) is 16.6. The molecule has 1 heterocycles. The van der Waals surface area contributed by atoms with Crippen molar-refractivity contribution >= 4 is 11.5 Å². The van der Waals surface area contributed by atoms with E-state index in [2.05, 4.69) is 9.88 Å². The minimum absolute atomic E-state index is 0.0874. The third-order valence-corrected chi connectivity index (χ3v) is 3.20. The molecule has 0 aliphatic heterocycles. The van der Waals surface area contributed by atoms with E-state index >= 15 is 0 Å². The van der Waals surface area contributed by atoms with Crippen LogP contribution in [0.25, 0.3) is 0 Å². The number of rotatable bonds is 5. The second-order valence-electron chi connectivity index (χ2n) is 4.68. The summed E-state index contributed by atoms with van der Waals surface area (Å²) >= 11 is 0. The Labute approximate surface area is 101 Å². The van der Waals surface area contributed by atoms with Crippen LogP contribution in [0.15, 0.2) is 12.1 Å². The number of nitro groups is 1. The molecule has 5 nitrogen and oxygen atoms in total. The van der Waals surface area contributed by atoms with Crippen molar-refractivity contribution in [3.8, 4) is 0 Å². The Kier molecular flexibility index (Phi) is 3.26. The van der Waals surface area contributed by atoms with E-state index in [0.717, 1.165) is 18.3 Å². The van der Waals surface area contributed by atoms with E-state index in [0.29, 0.717) is 5.69 Å². The van der Waals surface area contributed by atoms with Crippen LogP contribution in [0.2, 0.25) is 0 Å². The molecule has 1 saturated carbocycles. The number of hydrogen-bond acceptors (Lipinski definition) is 4. The van der Waals surface area contributed by atoms with E-state index in [1.54, 1.807) is 13.0 Å². The van der Waals surface area contributed by atoms with Crippen LogP contribution in [0.3, 0.4) is 0 Å². The molecule has 2 rings (SSSR count). The SMILES string of the molecule is Cc1nc(N(C)CCC2CC2)ccc1[N+](=O)[O-]. The monoisotopic (exact) mass is 235 g/mol. The summed E-state index contributed by atoms with van der Waals surface area (Å²) < 4.78 is 0.